The van der Waals surface area contributed by atoms with Gasteiger partial charge in [-0.05, 0) is 13.0 Å². The number of hydrogen-bond donors (Lipinski definition) is 0. The highest BCUT2D eigenvalue weighted by Gasteiger charge is 1.81. The number of nitrogens with zero attached hydrogens (tertiary/aromatic N) is 1. The van der Waals surface area contributed by atoms with Crippen LogP contribution in [0.3, 0.4) is 0 Å². The molecule has 0 rings (SSSR count). The van der Waals surface area contributed by atoms with Crippen molar-refractivity contribution in [1.29, 1.82) is 5.26 Å². The first-order chi connectivity index (χ1) is 4.31. The highest BCUT2D eigenvalue weighted by atomic mass is 16.5. The van der Waals surface area contributed by atoms with Crippen LogP contribution in [0.2, 0.25) is 0 Å². The van der Waals surface area contributed by atoms with Crippen molar-refractivity contribution in [3.63, 3.8) is 0 Å². The molecule has 0 unspecified atom stereocenters. The van der Waals surface area contributed by atoms with E-state index in [-0.39, 0.29) is 0 Å². The maximum absolute atomic E-state index is 8.05. The van der Waals surface area contributed by atoms with Gasteiger partial charge in [0, 0.05) is 6.08 Å². The summed E-state index contributed by atoms with van der Waals surface area (Å²) in [5, 5.41) is 8.05. The Morgan fingerprint density at radius 3 is 3.00 bits per heavy atom. The van der Waals surface area contributed by atoms with E-state index in [2.05, 4.69) is 6.58 Å². The fourth-order valence-electron chi connectivity index (χ4n) is 0.364. The second-order valence-electron chi connectivity index (χ2n) is 1.36. The zero-order valence-electron chi connectivity index (χ0n) is 5.42. The third kappa shape index (κ3) is 4.63. The zero-order chi connectivity index (χ0) is 7.11. The molecule has 0 heterocycles. The first-order valence-corrected chi connectivity index (χ1v) is 2.69. The van der Waals surface area contributed by atoms with E-state index >= 15 is 0 Å². The second-order valence-corrected chi connectivity index (χ2v) is 1.36. The summed E-state index contributed by atoms with van der Waals surface area (Å²) in [6.45, 7) is 5.98. The normalized spacial score (nSPS) is 8.89. The Morgan fingerprint density at radius 2 is 2.56 bits per heavy atom. The summed E-state index contributed by atoms with van der Waals surface area (Å²) in [6.07, 6.45) is 2.86. The molecule has 0 amide bonds. The van der Waals surface area contributed by atoms with Gasteiger partial charge in [0.1, 0.15) is 5.76 Å². The van der Waals surface area contributed by atoms with Crippen LogP contribution in [-0.4, -0.2) is 6.61 Å². The van der Waals surface area contributed by atoms with Gasteiger partial charge in [-0.3, -0.25) is 0 Å². The van der Waals surface area contributed by atoms with Crippen LogP contribution in [0.25, 0.3) is 0 Å². The van der Waals surface area contributed by atoms with E-state index in [0.717, 1.165) is 0 Å². The summed E-state index contributed by atoms with van der Waals surface area (Å²) >= 11 is 0. The molecule has 0 saturated carbocycles. The molecule has 0 aromatic rings. The fourth-order valence-corrected chi connectivity index (χ4v) is 0.364. The van der Waals surface area contributed by atoms with E-state index in [4.69, 9.17) is 10.00 Å². The van der Waals surface area contributed by atoms with Gasteiger partial charge in [-0.25, -0.2) is 0 Å². The SMILES string of the molecule is C=C(C=CC#N)OCC. The Hall–Kier alpha value is -1.23. The Kier molecular flexibility index (Phi) is 4.25. The minimum atomic E-state index is 0.527. The Bertz CT molecular complexity index is 153. The first-order valence-electron chi connectivity index (χ1n) is 2.69. The van der Waals surface area contributed by atoms with Gasteiger partial charge in [0.2, 0.25) is 0 Å². The number of rotatable bonds is 3. The predicted octanol–water partition coefficient (Wildman–Crippen LogP) is 1.62. The third-order valence-electron chi connectivity index (χ3n) is 0.673. The van der Waals surface area contributed by atoms with Crippen LogP contribution in [0.5, 0.6) is 0 Å². The lowest BCUT2D eigenvalue weighted by atomic mass is 10.5. The van der Waals surface area contributed by atoms with Gasteiger partial charge in [0.15, 0.2) is 0 Å². The van der Waals surface area contributed by atoms with Crippen molar-refractivity contribution in [2.75, 3.05) is 6.61 Å². The van der Waals surface area contributed by atoms with Crippen molar-refractivity contribution in [3.8, 4) is 6.07 Å². The molecule has 0 N–H and O–H groups in total. The van der Waals surface area contributed by atoms with Crippen LogP contribution in [-0.2, 0) is 4.74 Å². The molecular weight excluding hydrogens is 114 g/mol. The third-order valence-corrected chi connectivity index (χ3v) is 0.673. The van der Waals surface area contributed by atoms with E-state index in [9.17, 15) is 0 Å². The standard InChI is InChI=1S/C7H9NO/c1-3-9-7(2)5-4-6-8/h4-5H,2-3H2,1H3. The van der Waals surface area contributed by atoms with Gasteiger partial charge >= 0.3 is 0 Å². The smallest absolute Gasteiger partial charge is 0.112 e. The maximum Gasteiger partial charge on any atom is 0.112 e. The Balaban J connectivity index is 3.53. The lowest BCUT2D eigenvalue weighted by Crippen LogP contribution is -1.84. The van der Waals surface area contributed by atoms with Crippen LogP contribution in [0.4, 0.5) is 0 Å². The molecule has 0 aliphatic carbocycles. The largest absolute Gasteiger partial charge is 0.494 e. The molecule has 0 saturated heterocycles. The quantitative estimate of drug-likeness (QED) is 0.324. The zero-order valence-corrected chi connectivity index (χ0v) is 5.42. The molecule has 0 radical (unpaired) electrons. The average Bonchev–Trinajstić information content (AvgIpc) is 1.85. The molecule has 0 aliphatic heterocycles. The fraction of sp³-hybridized carbons (Fsp3) is 0.286. The van der Waals surface area contributed by atoms with Crippen LogP contribution < -0.4 is 0 Å². The molecule has 0 aromatic heterocycles. The molecule has 9 heavy (non-hydrogen) atoms. The predicted molar refractivity (Wildman–Crippen MR) is 35.5 cm³/mol. The van der Waals surface area contributed by atoms with Crippen molar-refractivity contribution >= 4 is 0 Å². The van der Waals surface area contributed by atoms with E-state index < -0.39 is 0 Å². The maximum atomic E-state index is 8.05. The summed E-state index contributed by atoms with van der Waals surface area (Å²) in [5.41, 5.74) is 0. The summed E-state index contributed by atoms with van der Waals surface area (Å²) in [6, 6.07) is 1.84. The van der Waals surface area contributed by atoms with Gasteiger partial charge in [0.25, 0.3) is 0 Å². The van der Waals surface area contributed by atoms with Crippen LogP contribution in [0.1, 0.15) is 6.92 Å². The van der Waals surface area contributed by atoms with Crippen molar-refractivity contribution in [2.45, 2.75) is 6.92 Å². The minimum absolute atomic E-state index is 0.527. The molecule has 0 atom stereocenters. The molecule has 48 valence electrons. The molecule has 0 spiro atoms. The van der Waals surface area contributed by atoms with E-state index in [1.54, 1.807) is 0 Å². The monoisotopic (exact) mass is 123 g/mol. The Labute approximate surface area is 55.1 Å². The molecule has 0 aromatic carbocycles. The highest BCUT2D eigenvalue weighted by Crippen LogP contribution is 1.93. The van der Waals surface area contributed by atoms with Gasteiger partial charge in [-0.2, -0.15) is 5.26 Å². The topological polar surface area (TPSA) is 33.0 Å². The summed E-state index contributed by atoms with van der Waals surface area (Å²) in [7, 11) is 0. The van der Waals surface area contributed by atoms with Crippen LogP contribution in [0.15, 0.2) is 24.5 Å². The highest BCUT2D eigenvalue weighted by molar-refractivity contribution is 5.14. The molecule has 0 fully saturated rings. The summed E-state index contributed by atoms with van der Waals surface area (Å²) in [5.74, 6) is 0.527. The number of hydrogen-bond acceptors (Lipinski definition) is 2. The molecule has 2 heteroatoms. The van der Waals surface area contributed by atoms with Crippen molar-refractivity contribution in [1.82, 2.24) is 0 Å². The molecule has 0 bridgehead atoms. The lowest BCUT2D eigenvalue weighted by Gasteiger charge is -1.97. The number of ether oxygens (including phenoxy) is 1. The lowest BCUT2D eigenvalue weighted by molar-refractivity contribution is 0.244. The van der Waals surface area contributed by atoms with E-state index in [1.807, 2.05) is 13.0 Å². The molecular formula is C7H9NO. The minimum Gasteiger partial charge on any atom is -0.494 e. The summed E-state index contributed by atoms with van der Waals surface area (Å²) < 4.78 is 4.91. The van der Waals surface area contributed by atoms with E-state index in [0.29, 0.717) is 12.4 Å². The molecule has 0 aliphatic rings. The van der Waals surface area contributed by atoms with Crippen LogP contribution >= 0.6 is 0 Å². The van der Waals surface area contributed by atoms with Crippen molar-refractivity contribution in [3.05, 3.63) is 24.5 Å². The first kappa shape index (κ1) is 7.77. The number of nitriles is 1. The van der Waals surface area contributed by atoms with Gasteiger partial charge < -0.3 is 4.74 Å². The van der Waals surface area contributed by atoms with Gasteiger partial charge in [-0.1, -0.05) is 6.58 Å². The van der Waals surface area contributed by atoms with Crippen LogP contribution in [0, 0.1) is 11.3 Å². The summed E-state index contributed by atoms with van der Waals surface area (Å²) in [4.78, 5) is 0. The van der Waals surface area contributed by atoms with Crippen molar-refractivity contribution < 1.29 is 4.74 Å². The van der Waals surface area contributed by atoms with E-state index in [1.165, 1.54) is 12.2 Å². The molecule has 2 nitrogen and oxygen atoms in total. The van der Waals surface area contributed by atoms with Crippen molar-refractivity contribution in [2.24, 2.45) is 0 Å². The second kappa shape index (κ2) is 4.92. The van der Waals surface area contributed by atoms with Gasteiger partial charge in [0.05, 0.1) is 12.7 Å². The Morgan fingerprint density at radius 1 is 1.89 bits per heavy atom. The average molecular weight is 123 g/mol. The number of allylic oxidation sites excluding steroid dienone is 2. The van der Waals surface area contributed by atoms with Gasteiger partial charge in [-0.15, -0.1) is 0 Å².